The van der Waals surface area contributed by atoms with Gasteiger partial charge in [0.15, 0.2) is 5.13 Å². The number of piperidine rings is 1. The molecule has 1 aliphatic heterocycles. The predicted octanol–water partition coefficient (Wildman–Crippen LogP) is 2.79. The van der Waals surface area contributed by atoms with Gasteiger partial charge in [-0.15, -0.1) is 11.3 Å². The molecule has 9 heteroatoms. The smallest absolute Gasteiger partial charge is 0.252 e. The van der Waals surface area contributed by atoms with Gasteiger partial charge in [0.1, 0.15) is 6.61 Å². The molecule has 1 aromatic heterocycles. The van der Waals surface area contributed by atoms with E-state index in [9.17, 15) is 19.8 Å². The first-order chi connectivity index (χ1) is 16.1. The minimum absolute atomic E-state index is 0.00315. The molecule has 1 saturated heterocycles. The van der Waals surface area contributed by atoms with E-state index in [-0.39, 0.29) is 42.3 Å². The van der Waals surface area contributed by atoms with Crippen molar-refractivity contribution in [2.24, 2.45) is 22.7 Å². The molecule has 2 fully saturated rings. The summed E-state index contributed by atoms with van der Waals surface area (Å²) in [7, 11) is 1.47. The zero-order valence-electron chi connectivity index (χ0n) is 20.8. The quantitative estimate of drug-likeness (QED) is 0.562. The standard InChI is InChI=1S/C25H39N3O5S/c1-15-6-9-28(10-7-15)21(32)11-16-22-17(34-23(27-22)26-20(31)13-33-4)12-18-24(16,2)8-5-19(30)25(18,3)14-29/h15-16,18-19,29-30H,5-14H2,1-4H3,(H,26,27,31)/t16-,18+,19-,24+,25+/m1/s1. The number of aromatic nitrogens is 1. The van der Waals surface area contributed by atoms with Crippen LogP contribution in [0.15, 0.2) is 0 Å². The third-order valence-electron chi connectivity index (χ3n) is 8.93. The van der Waals surface area contributed by atoms with Crippen LogP contribution in [-0.4, -0.2) is 71.4 Å². The number of aliphatic hydroxyl groups excluding tert-OH is 2. The van der Waals surface area contributed by atoms with Crippen LogP contribution in [-0.2, 0) is 20.7 Å². The molecule has 0 radical (unpaired) electrons. The molecule has 3 N–H and O–H groups in total. The summed E-state index contributed by atoms with van der Waals surface area (Å²) in [6.07, 6.45) is 3.86. The Balaban J connectivity index is 1.69. The maximum absolute atomic E-state index is 13.5. The molecule has 2 amide bonds. The molecular formula is C25H39N3O5S. The number of rotatable bonds is 6. The lowest BCUT2D eigenvalue weighted by Gasteiger charge is -2.58. The second-order valence-electron chi connectivity index (χ2n) is 11.1. The summed E-state index contributed by atoms with van der Waals surface area (Å²) in [6, 6.07) is 0. The Hall–Kier alpha value is -1.55. The van der Waals surface area contributed by atoms with E-state index in [1.807, 2.05) is 11.8 Å². The normalized spacial score (nSPS) is 33.8. The Morgan fingerprint density at radius 1 is 1.26 bits per heavy atom. The van der Waals surface area contributed by atoms with Crippen LogP contribution in [0.5, 0.6) is 0 Å². The number of thiazole rings is 1. The number of anilines is 1. The van der Waals surface area contributed by atoms with Gasteiger partial charge < -0.3 is 19.8 Å². The number of carbonyl (C=O) groups excluding carboxylic acids is 2. The second-order valence-corrected chi connectivity index (χ2v) is 12.2. The molecule has 0 unspecified atom stereocenters. The van der Waals surface area contributed by atoms with Crippen LogP contribution in [0.4, 0.5) is 5.13 Å². The van der Waals surface area contributed by atoms with Gasteiger partial charge in [0.05, 0.1) is 18.4 Å². The van der Waals surface area contributed by atoms with Crippen molar-refractivity contribution in [2.75, 3.05) is 38.7 Å². The minimum atomic E-state index is -0.657. The maximum Gasteiger partial charge on any atom is 0.252 e. The molecule has 0 spiro atoms. The summed E-state index contributed by atoms with van der Waals surface area (Å²) in [5.74, 6) is 0.413. The van der Waals surface area contributed by atoms with Crippen molar-refractivity contribution in [1.29, 1.82) is 0 Å². The Morgan fingerprint density at radius 2 is 1.97 bits per heavy atom. The molecule has 8 nitrogen and oxygen atoms in total. The van der Waals surface area contributed by atoms with E-state index in [4.69, 9.17) is 9.72 Å². The zero-order chi connectivity index (χ0) is 24.7. The van der Waals surface area contributed by atoms with Gasteiger partial charge in [-0.05, 0) is 49.4 Å². The van der Waals surface area contributed by atoms with Crippen LogP contribution in [0.25, 0.3) is 0 Å². The predicted molar refractivity (Wildman–Crippen MR) is 131 cm³/mol. The number of nitrogens with zero attached hydrogens (tertiary/aromatic N) is 2. The van der Waals surface area contributed by atoms with Crippen molar-refractivity contribution in [3.63, 3.8) is 0 Å². The fourth-order valence-electron chi connectivity index (χ4n) is 6.55. The van der Waals surface area contributed by atoms with Crippen molar-refractivity contribution in [3.8, 4) is 0 Å². The Bertz CT molecular complexity index is 914. The number of likely N-dealkylation sites (tertiary alicyclic amines) is 1. The highest BCUT2D eigenvalue weighted by Gasteiger charge is 2.59. The lowest BCUT2D eigenvalue weighted by molar-refractivity contribution is -0.147. The number of aliphatic hydroxyl groups is 2. The van der Waals surface area contributed by atoms with Crippen LogP contribution in [0.1, 0.15) is 69.4 Å². The van der Waals surface area contributed by atoms with Gasteiger partial charge in [0, 0.05) is 42.8 Å². The average molecular weight is 494 g/mol. The topological polar surface area (TPSA) is 112 Å². The number of hydrogen-bond acceptors (Lipinski definition) is 7. The molecule has 0 aromatic carbocycles. The van der Waals surface area contributed by atoms with E-state index in [0.29, 0.717) is 30.3 Å². The van der Waals surface area contributed by atoms with Crippen molar-refractivity contribution in [2.45, 2.75) is 71.3 Å². The van der Waals surface area contributed by atoms with Gasteiger partial charge in [-0.3, -0.25) is 14.9 Å². The Kier molecular flexibility index (Phi) is 7.39. The second kappa shape index (κ2) is 9.84. The molecule has 5 atom stereocenters. The molecule has 0 bridgehead atoms. The van der Waals surface area contributed by atoms with Gasteiger partial charge in [-0.25, -0.2) is 4.98 Å². The third-order valence-corrected chi connectivity index (χ3v) is 9.94. The van der Waals surface area contributed by atoms with Crippen molar-refractivity contribution < 1.29 is 24.5 Å². The molecule has 4 rings (SSSR count). The van der Waals surface area contributed by atoms with Gasteiger partial charge in [0.2, 0.25) is 5.91 Å². The zero-order valence-corrected chi connectivity index (χ0v) is 21.6. The van der Waals surface area contributed by atoms with Gasteiger partial charge in [-0.2, -0.15) is 0 Å². The van der Waals surface area contributed by atoms with E-state index >= 15 is 0 Å². The fourth-order valence-corrected chi connectivity index (χ4v) is 7.63. The summed E-state index contributed by atoms with van der Waals surface area (Å²) in [4.78, 5) is 33.5. The highest BCUT2D eigenvalue weighted by molar-refractivity contribution is 7.15. The molecule has 1 aromatic rings. The van der Waals surface area contributed by atoms with Crippen LogP contribution >= 0.6 is 11.3 Å². The number of nitrogens with one attached hydrogen (secondary N) is 1. The highest BCUT2D eigenvalue weighted by Crippen LogP contribution is 2.63. The summed E-state index contributed by atoms with van der Waals surface area (Å²) >= 11 is 1.44. The van der Waals surface area contributed by atoms with Crippen LogP contribution in [0.3, 0.4) is 0 Å². The first kappa shape index (κ1) is 25.5. The number of carbonyl (C=O) groups is 2. The maximum atomic E-state index is 13.5. The van der Waals surface area contributed by atoms with E-state index < -0.39 is 11.5 Å². The third kappa shape index (κ3) is 4.52. The number of hydrogen-bond donors (Lipinski definition) is 3. The molecular weight excluding hydrogens is 454 g/mol. The van der Waals surface area contributed by atoms with E-state index in [0.717, 1.165) is 42.9 Å². The van der Waals surface area contributed by atoms with Crippen molar-refractivity contribution in [3.05, 3.63) is 10.6 Å². The van der Waals surface area contributed by atoms with Crippen molar-refractivity contribution >= 4 is 28.3 Å². The van der Waals surface area contributed by atoms with Crippen LogP contribution < -0.4 is 5.32 Å². The van der Waals surface area contributed by atoms with Crippen LogP contribution in [0, 0.1) is 22.7 Å². The van der Waals surface area contributed by atoms with Gasteiger partial charge >= 0.3 is 0 Å². The number of methoxy groups -OCH3 is 1. The van der Waals surface area contributed by atoms with Gasteiger partial charge in [0.25, 0.3) is 5.91 Å². The largest absolute Gasteiger partial charge is 0.396 e. The van der Waals surface area contributed by atoms with Gasteiger partial charge in [-0.1, -0.05) is 20.8 Å². The fraction of sp³-hybridized carbons (Fsp3) is 0.800. The lowest BCUT2D eigenvalue weighted by atomic mass is 9.47. The van der Waals surface area contributed by atoms with Crippen LogP contribution in [0.2, 0.25) is 0 Å². The highest BCUT2D eigenvalue weighted by atomic mass is 32.1. The average Bonchev–Trinajstić information content (AvgIpc) is 3.20. The summed E-state index contributed by atoms with van der Waals surface area (Å²) in [5, 5.41) is 24.6. The van der Waals surface area contributed by atoms with E-state index in [2.05, 4.69) is 19.2 Å². The van der Waals surface area contributed by atoms with E-state index in [1.165, 1.54) is 18.4 Å². The Morgan fingerprint density at radius 3 is 2.62 bits per heavy atom. The molecule has 3 aliphatic rings. The monoisotopic (exact) mass is 493 g/mol. The summed E-state index contributed by atoms with van der Waals surface area (Å²) in [5.41, 5.74) is -0.0489. The number of amides is 2. The molecule has 34 heavy (non-hydrogen) atoms. The molecule has 2 heterocycles. The number of fused-ring (bicyclic) bond motifs is 2. The summed E-state index contributed by atoms with van der Waals surface area (Å²) < 4.78 is 4.93. The van der Waals surface area contributed by atoms with E-state index in [1.54, 1.807) is 0 Å². The molecule has 1 saturated carbocycles. The SMILES string of the molecule is COCC(=O)Nc1nc2c(s1)C[C@@H]1[C@](C)(CO)[C@H](O)CC[C@@]1(C)[C@@H]2CC(=O)N1CCC(C)CC1. The Labute approximate surface area is 206 Å². The first-order valence-electron chi connectivity index (χ1n) is 12.5. The lowest BCUT2D eigenvalue weighted by Crippen LogP contribution is -2.57. The van der Waals surface area contributed by atoms with Crippen molar-refractivity contribution in [1.82, 2.24) is 9.88 Å². The first-order valence-corrected chi connectivity index (χ1v) is 13.3. The molecule has 2 aliphatic carbocycles. The summed E-state index contributed by atoms with van der Waals surface area (Å²) in [6.45, 7) is 7.85. The molecule has 190 valence electrons. The number of ether oxygens (including phenoxy) is 1. The minimum Gasteiger partial charge on any atom is -0.396 e.